The van der Waals surface area contributed by atoms with Crippen molar-refractivity contribution < 1.29 is 28.5 Å². The Hall–Kier alpha value is -3.48. The SMILES string of the molecule is COC(=O)c1c(C)[nH]c2ccc(OC(=O)c3c(OC)cccc3OC)cc12. The lowest BCUT2D eigenvalue weighted by atomic mass is 10.1. The summed E-state index contributed by atoms with van der Waals surface area (Å²) in [5, 5.41) is 0.608. The fourth-order valence-corrected chi connectivity index (χ4v) is 2.94. The third kappa shape index (κ3) is 3.31. The van der Waals surface area contributed by atoms with E-state index in [1.807, 2.05) is 0 Å². The second-order valence-corrected chi connectivity index (χ2v) is 5.75. The van der Waals surface area contributed by atoms with Crippen molar-refractivity contribution in [2.45, 2.75) is 6.92 Å². The molecule has 0 saturated heterocycles. The highest BCUT2D eigenvalue weighted by Gasteiger charge is 2.22. The van der Waals surface area contributed by atoms with Crippen molar-refractivity contribution in [2.75, 3.05) is 21.3 Å². The van der Waals surface area contributed by atoms with Gasteiger partial charge in [-0.05, 0) is 37.3 Å². The molecule has 0 aliphatic rings. The summed E-state index contributed by atoms with van der Waals surface area (Å²) < 4.78 is 20.8. The van der Waals surface area contributed by atoms with Crippen molar-refractivity contribution in [1.82, 2.24) is 4.98 Å². The number of carbonyl (C=O) groups is 2. The maximum atomic E-state index is 12.7. The predicted molar refractivity (Wildman–Crippen MR) is 98.9 cm³/mol. The van der Waals surface area contributed by atoms with Gasteiger partial charge in [0.05, 0.1) is 26.9 Å². The van der Waals surface area contributed by atoms with Crippen LogP contribution in [-0.2, 0) is 4.74 Å². The van der Waals surface area contributed by atoms with Crippen LogP contribution in [0, 0.1) is 6.92 Å². The number of rotatable bonds is 5. The number of nitrogens with one attached hydrogen (secondary N) is 1. The number of aryl methyl sites for hydroxylation is 1. The fraction of sp³-hybridized carbons (Fsp3) is 0.200. The molecule has 2 aromatic carbocycles. The third-order valence-corrected chi connectivity index (χ3v) is 4.19. The molecule has 1 heterocycles. The van der Waals surface area contributed by atoms with Crippen LogP contribution in [0.1, 0.15) is 26.4 Å². The maximum Gasteiger partial charge on any atom is 0.351 e. The number of aromatic amines is 1. The zero-order chi connectivity index (χ0) is 19.6. The van der Waals surface area contributed by atoms with E-state index in [-0.39, 0.29) is 11.3 Å². The smallest absolute Gasteiger partial charge is 0.351 e. The van der Waals surface area contributed by atoms with E-state index >= 15 is 0 Å². The number of aromatic nitrogens is 1. The van der Waals surface area contributed by atoms with E-state index in [0.717, 1.165) is 5.52 Å². The van der Waals surface area contributed by atoms with Gasteiger partial charge in [0, 0.05) is 16.6 Å². The first kappa shape index (κ1) is 18.3. The number of H-pyrrole nitrogens is 1. The molecule has 7 heteroatoms. The normalized spacial score (nSPS) is 10.5. The third-order valence-electron chi connectivity index (χ3n) is 4.19. The Bertz CT molecular complexity index is 998. The van der Waals surface area contributed by atoms with Crippen LogP contribution in [0.15, 0.2) is 36.4 Å². The van der Waals surface area contributed by atoms with E-state index in [1.54, 1.807) is 43.3 Å². The second kappa shape index (κ2) is 7.41. The first-order valence-corrected chi connectivity index (χ1v) is 8.14. The molecule has 0 unspecified atom stereocenters. The first-order valence-electron chi connectivity index (χ1n) is 8.14. The molecule has 3 aromatic rings. The zero-order valence-electron chi connectivity index (χ0n) is 15.4. The molecule has 0 bridgehead atoms. The molecule has 0 spiro atoms. The molecule has 0 atom stereocenters. The van der Waals surface area contributed by atoms with Crippen molar-refractivity contribution in [3.8, 4) is 17.2 Å². The Balaban J connectivity index is 2.00. The molecule has 0 amide bonds. The summed E-state index contributed by atoms with van der Waals surface area (Å²) in [5.41, 5.74) is 2.00. The molecule has 3 rings (SSSR count). The predicted octanol–water partition coefficient (Wildman–Crippen LogP) is 3.50. The molecule has 140 valence electrons. The quantitative estimate of drug-likeness (QED) is 0.547. The maximum absolute atomic E-state index is 12.7. The molecule has 0 aliphatic carbocycles. The van der Waals surface area contributed by atoms with Crippen molar-refractivity contribution in [3.63, 3.8) is 0 Å². The van der Waals surface area contributed by atoms with Crippen molar-refractivity contribution >= 4 is 22.8 Å². The number of fused-ring (bicyclic) bond motifs is 1. The number of hydrogen-bond donors (Lipinski definition) is 1. The van der Waals surface area contributed by atoms with Gasteiger partial charge in [-0.2, -0.15) is 0 Å². The summed E-state index contributed by atoms with van der Waals surface area (Å²) in [5.74, 6) is -0.130. The Morgan fingerprint density at radius 1 is 0.889 bits per heavy atom. The van der Waals surface area contributed by atoms with Crippen molar-refractivity contribution in [2.24, 2.45) is 0 Å². The van der Waals surface area contributed by atoms with Gasteiger partial charge in [0.1, 0.15) is 22.8 Å². The van der Waals surface area contributed by atoms with Gasteiger partial charge < -0.3 is 23.9 Å². The summed E-state index contributed by atoms with van der Waals surface area (Å²) in [6, 6.07) is 9.99. The van der Waals surface area contributed by atoms with Crippen LogP contribution in [0.2, 0.25) is 0 Å². The minimum Gasteiger partial charge on any atom is -0.496 e. The largest absolute Gasteiger partial charge is 0.496 e. The molecule has 1 N–H and O–H groups in total. The van der Waals surface area contributed by atoms with Crippen LogP contribution >= 0.6 is 0 Å². The van der Waals surface area contributed by atoms with E-state index in [0.29, 0.717) is 28.1 Å². The summed E-state index contributed by atoms with van der Waals surface area (Å²) >= 11 is 0. The standard InChI is InChI=1S/C20H19NO6/c1-11-17(19(22)26-4)13-10-12(8-9-14(13)21-11)27-20(23)18-15(24-2)6-5-7-16(18)25-3/h5-10,21H,1-4H3. The van der Waals surface area contributed by atoms with Gasteiger partial charge in [0.15, 0.2) is 0 Å². The van der Waals surface area contributed by atoms with E-state index in [2.05, 4.69) is 4.98 Å². The van der Waals surface area contributed by atoms with Crippen LogP contribution in [0.5, 0.6) is 17.2 Å². The molecule has 0 radical (unpaired) electrons. The topological polar surface area (TPSA) is 86.9 Å². The van der Waals surface area contributed by atoms with Gasteiger partial charge in [0.25, 0.3) is 0 Å². The second-order valence-electron chi connectivity index (χ2n) is 5.75. The first-order chi connectivity index (χ1) is 13.0. The van der Waals surface area contributed by atoms with Gasteiger partial charge in [-0.3, -0.25) is 0 Å². The van der Waals surface area contributed by atoms with Crippen LogP contribution in [0.4, 0.5) is 0 Å². The number of benzene rings is 2. The number of ether oxygens (including phenoxy) is 4. The van der Waals surface area contributed by atoms with Gasteiger partial charge >= 0.3 is 11.9 Å². The monoisotopic (exact) mass is 369 g/mol. The highest BCUT2D eigenvalue weighted by Crippen LogP contribution is 2.31. The minimum atomic E-state index is -0.629. The molecule has 0 fully saturated rings. The minimum absolute atomic E-state index is 0.182. The number of methoxy groups -OCH3 is 3. The highest BCUT2D eigenvalue weighted by molar-refractivity contribution is 6.06. The van der Waals surface area contributed by atoms with Gasteiger partial charge in [-0.1, -0.05) is 6.07 Å². The van der Waals surface area contributed by atoms with E-state index in [4.69, 9.17) is 18.9 Å². The van der Waals surface area contributed by atoms with Gasteiger partial charge in [0.2, 0.25) is 0 Å². The average molecular weight is 369 g/mol. The summed E-state index contributed by atoms with van der Waals surface area (Å²) in [6.07, 6.45) is 0. The fourth-order valence-electron chi connectivity index (χ4n) is 2.94. The lowest BCUT2D eigenvalue weighted by molar-refractivity contribution is 0.0602. The lowest BCUT2D eigenvalue weighted by Gasteiger charge is -2.12. The van der Waals surface area contributed by atoms with Crippen LogP contribution < -0.4 is 14.2 Å². The molecule has 1 aromatic heterocycles. The Morgan fingerprint density at radius 2 is 1.56 bits per heavy atom. The molecule has 0 aliphatic heterocycles. The molecular weight excluding hydrogens is 350 g/mol. The highest BCUT2D eigenvalue weighted by atomic mass is 16.5. The zero-order valence-corrected chi connectivity index (χ0v) is 15.4. The Labute approximate surface area is 155 Å². The number of hydrogen-bond acceptors (Lipinski definition) is 6. The lowest BCUT2D eigenvalue weighted by Crippen LogP contribution is -2.12. The van der Waals surface area contributed by atoms with Crippen LogP contribution in [0.25, 0.3) is 10.9 Å². The number of esters is 2. The van der Waals surface area contributed by atoms with E-state index in [9.17, 15) is 9.59 Å². The summed E-state index contributed by atoms with van der Waals surface area (Å²) in [7, 11) is 4.24. The van der Waals surface area contributed by atoms with Crippen LogP contribution in [-0.4, -0.2) is 38.3 Å². The summed E-state index contributed by atoms with van der Waals surface area (Å²) in [4.78, 5) is 27.9. The molecular formula is C20H19NO6. The molecule has 27 heavy (non-hydrogen) atoms. The van der Waals surface area contributed by atoms with Crippen molar-refractivity contribution in [3.05, 3.63) is 53.2 Å². The summed E-state index contributed by atoms with van der Waals surface area (Å²) in [6.45, 7) is 1.78. The Kier molecular flexibility index (Phi) is 5.03. The molecule has 0 saturated carbocycles. The van der Waals surface area contributed by atoms with Crippen LogP contribution in [0.3, 0.4) is 0 Å². The Morgan fingerprint density at radius 3 is 2.15 bits per heavy atom. The van der Waals surface area contributed by atoms with E-state index in [1.165, 1.54) is 21.3 Å². The number of carbonyl (C=O) groups excluding carboxylic acids is 2. The van der Waals surface area contributed by atoms with E-state index < -0.39 is 11.9 Å². The molecule has 7 nitrogen and oxygen atoms in total. The van der Waals surface area contributed by atoms with Gasteiger partial charge in [-0.15, -0.1) is 0 Å². The van der Waals surface area contributed by atoms with Gasteiger partial charge in [-0.25, -0.2) is 9.59 Å². The average Bonchev–Trinajstić information content (AvgIpc) is 3.01. The van der Waals surface area contributed by atoms with Crippen molar-refractivity contribution in [1.29, 1.82) is 0 Å².